The van der Waals surface area contributed by atoms with Gasteiger partial charge in [-0.2, -0.15) is 0 Å². The van der Waals surface area contributed by atoms with Gasteiger partial charge in [-0.15, -0.1) is 17.9 Å². The number of thiazole rings is 1. The lowest BCUT2D eigenvalue weighted by Crippen LogP contribution is -2.15. The topological polar surface area (TPSA) is 22.2 Å². The second kappa shape index (κ2) is 8.62. The fourth-order valence-electron chi connectivity index (χ4n) is 3.74. The first-order chi connectivity index (χ1) is 14.5. The summed E-state index contributed by atoms with van der Waals surface area (Å²) in [6.45, 7) is 11.1. The first-order valence-corrected chi connectivity index (χ1v) is 11.5. The average Bonchev–Trinajstić information content (AvgIpc) is 3.25. The van der Waals surface area contributed by atoms with Gasteiger partial charge in [0.2, 0.25) is 0 Å². The van der Waals surface area contributed by atoms with Crippen LogP contribution in [-0.2, 0) is 6.54 Å². The van der Waals surface area contributed by atoms with Crippen LogP contribution in [0.15, 0.2) is 82.1 Å². The molecule has 0 aliphatic heterocycles. The summed E-state index contributed by atoms with van der Waals surface area (Å²) in [5, 5.41) is 2.20. The zero-order valence-corrected chi connectivity index (χ0v) is 19.8. The summed E-state index contributed by atoms with van der Waals surface area (Å²) in [4.78, 5) is 5.90. The minimum absolute atomic E-state index is 0.705. The third-order valence-corrected chi connectivity index (χ3v) is 6.65. The number of hydrogen-bond acceptors (Lipinski definition) is 2. The van der Waals surface area contributed by atoms with Gasteiger partial charge in [0, 0.05) is 39.0 Å². The van der Waals surface area contributed by atoms with Crippen LogP contribution < -0.4 is 4.80 Å². The molecule has 0 N–H and O–H groups in total. The van der Waals surface area contributed by atoms with Gasteiger partial charge in [-0.3, -0.25) is 0 Å². The van der Waals surface area contributed by atoms with Crippen molar-refractivity contribution in [2.45, 2.75) is 27.3 Å². The average molecular weight is 478 g/mol. The molecule has 0 aliphatic rings. The molecule has 2 heterocycles. The van der Waals surface area contributed by atoms with E-state index in [0.717, 1.165) is 20.7 Å². The number of halogens is 1. The lowest BCUT2D eigenvalue weighted by molar-refractivity contribution is 0.799. The number of allylic oxidation sites excluding steroid dienone is 1. The van der Waals surface area contributed by atoms with Crippen LogP contribution in [0.3, 0.4) is 0 Å². The van der Waals surface area contributed by atoms with E-state index in [4.69, 9.17) is 4.99 Å². The van der Waals surface area contributed by atoms with E-state index < -0.39 is 0 Å². The Balaban J connectivity index is 1.87. The second-order valence-corrected chi connectivity index (χ2v) is 9.02. The highest BCUT2D eigenvalue weighted by atomic mass is 79.9. The Labute approximate surface area is 189 Å². The van der Waals surface area contributed by atoms with Crippen LogP contribution in [0, 0.1) is 20.8 Å². The Kier molecular flexibility index (Phi) is 5.93. The molecule has 2 aromatic carbocycles. The van der Waals surface area contributed by atoms with Crippen molar-refractivity contribution in [3.8, 4) is 16.9 Å². The largest absolute Gasteiger partial charge is 0.318 e. The predicted molar refractivity (Wildman–Crippen MR) is 131 cm³/mol. The predicted octanol–water partition coefficient (Wildman–Crippen LogP) is 7.11. The molecule has 4 rings (SSSR count). The summed E-state index contributed by atoms with van der Waals surface area (Å²) >= 11 is 5.31. The van der Waals surface area contributed by atoms with Crippen LogP contribution in [0.4, 0.5) is 5.69 Å². The van der Waals surface area contributed by atoms with Crippen LogP contribution in [0.5, 0.6) is 0 Å². The summed E-state index contributed by atoms with van der Waals surface area (Å²) < 4.78 is 5.55. The lowest BCUT2D eigenvalue weighted by Gasteiger charge is -2.11. The van der Waals surface area contributed by atoms with Crippen molar-refractivity contribution in [2.24, 2.45) is 4.99 Å². The highest BCUT2D eigenvalue weighted by Gasteiger charge is 2.16. The van der Waals surface area contributed by atoms with Crippen LogP contribution >= 0.6 is 27.3 Å². The number of nitrogens with zero attached hydrogens (tertiary/aromatic N) is 3. The van der Waals surface area contributed by atoms with Crippen molar-refractivity contribution in [3.63, 3.8) is 0 Å². The van der Waals surface area contributed by atoms with Gasteiger partial charge >= 0.3 is 0 Å². The highest BCUT2D eigenvalue weighted by Crippen LogP contribution is 2.31. The third kappa shape index (κ3) is 3.87. The third-order valence-electron chi connectivity index (χ3n) is 5.15. The number of hydrogen-bond donors (Lipinski definition) is 0. The molecule has 0 unspecified atom stereocenters. The summed E-state index contributed by atoms with van der Waals surface area (Å²) in [7, 11) is 0. The van der Waals surface area contributed by atoms with E-state index in [1.807, 2.05) is 12.1 Å². The standard InChI is InChI=1S/C25H24BrN3S/c1-5-13-28-24(16-30-25(28)27-23-12-11-17(2)14-22(23)26)21-15-18(3)29(19(21)4)20-9-7-6-8-10-20/h5-12,14-16H,1,13H2,2-4H3. The van der Waals surface area contributed by atoms with Crippen molar-refractivity contribution < 1.29 is 0 Å². The van der Waals surface area contributed by atoms with Crippen molar-refractivity contribution in [1.82, 2.24) is 9.13 Å². The Morgan fingerprint density at radius 1 is 1.07 bits per heavy atom. The van der Waals surface area contributed by atoms with Gasteiger partial charge in [0.15, 0.2) is 4.80 Å². The molecule has 2 aromatic heterocycles. The molecule has 0 fully saturated rings. The van der Waals surface area contributed by atoms with Gasteiger partial charge in [0.25, 0.3) is 0 Å². The fourth-order valence-corrected chi connectivity index (χ4v) is 5.25. The second-order valence-electron chi connectivity index (χ2n) is 7.33. The molecule has 0 radical (unpaired) electrons. The Hall–Kier alpha value is -2.63. The number of aromatic nitrogens is 2. The van der Waals surface area contributed by atoms with Crippen molar-refractivity contribution >= 4 is 33.0 Å². The van der Waals surface area contributed by atoms with E-state index >= 15 is 0 Å². The zero-order chi connectivity index (χ0) is 21.3. The van der Waals surface area contributed by atoms with Gasteiger partial charge in [-0.25, -0.2) is 4.99 Å². The van der Waals surface area contributed by atoms with Crippen LogP contribution in [0.2, 0.25) is 0 Å². The monoisotopic (exact) mass is 477 g/mol. The molecular formula is C25H24BrN3S. The van der Waals surface area contributed by atoms with Gasteiger partial charge in [0.1, 0.15) is 0 Å². The highest BCUT2D eigenvalue weighted by molar-refractivity contribution is 9.10. The molecule has 4 aromatic rings. The van der Waals surface area contributed by atoms with Crippen LogP contribution in [0.1, 0.15) is 17.0 Å². The van der Waals surface area contributed by atoms with Crippen LogP contribution in [0.25, 0.3) is 16.9 Å². The first-order valence-electron chi connectivity index (χ1n) is 9.84. The molecular weight excluding hydrogens is 454 g/mol. The SMILES string of the molecule is C=CCn1c(-c2cc(C)n(-c3ccccc3)c2C)csc1=Nc1ccc(C)cc1Br. The molecule has 0 aliphatic carbocycles. The molecule has 0 saturated carbocycles. The fraction of sp³-hybridized carbons (Fsp3) is 0.160. The number of para-hydroxylation sites is 1. The Morgan fingerprint density at radius 2 is 1.83 bits per heavy atom. The summed E-state index contributed by atoms with van der Waals surface area (Å²) in [5.41, 5.74) is 8.14. The number of benzene rings is 2. The Morgan fingerprint density at radius 3 is 2.53 bits per heavy atom. The van der Waals surface area contributed by atoms with Crippen molar-refractivity contribution in [2.75, 3.05) is 0 Å². The van der Waals surface area contributed by atoms with Gasteiger partial charge in [-0.1, -0.05) is 30.3 Å². The minimum Gasteiger partial charge on any atom is -0.318 e. The maximum Gasteiger partial charge on any atom is 0.190 e. The van der Waals surface area contributed by atoms with Gasteiger partial charge < -0.3 is 9.13 Å². The summed E-state index contributed by atoms with van der Waals surface area (Å²) in [5.74, 6) is 0. The summed E-state index contributed by atoms with van der Waals surface area (Å²) in [6.07, 6.45) is 1.93. The normalized spacial score (nSPS) is 11.8. The maximum atomic E-state index is 4.94. The molecule has 0 bridgehead atoms. The molecule has 5 heteroatoms. The van der Waals surface area contributed by atoms with E-state index in [0.29, 0.717) is 6.54 Å². The number of aryl methyl sites for hydroxylation is 2. The van der Waals surface area contributed by atoms with E-state index in [1.54, 1.807) is 11.3 Å². The zero-order valence-electron chi connectivity index (χ0n) is 17.4. The van der Waals surface area contributed by atoms with Gasteiger partial charge in [-0.05, 0) is 72.6 Å². The molecule has 0 amide bonds. The maximum absolute atomic E-state index is 4.94. The van der Waals surface area contributed by atoms with Crippen LogP contribution in [-0.4, -0.2) is 9.13 Å². The number of rotatable bonds is 5. The molecule has 152 valence electrons. The first kappa shape index (κ1) is 20.6. The molecule has 0 atom stereocenters. The molecule has 30 heavy (non-hydrogen) atoms. The van der Waals surface area contributed by atoms with E-state index in [2.05, 4.69) is 106 Å². The van der Waals surface area contributed by atoms with E-state index in [-0.39, 0.29) is 0 Å². The minimum atomic E-state index is 0.705. The molecule has 0 spiro atoms. The van der Waals surface area contributed by atoms with Gasteiger partial charge in [0.05, 0.1) is 11.4 Å². The summed E-state index contributed by atoms with van der Waals surface area (Å²) in [6, 6.07) is 19.0. The Bertz CT molecular complexity index is 1280. The smallest absolute Gasteiger partial charge is 0.190 e. The quantitative estimate of drug-likeness (QED) is 0.273. The van der Waals surface area contributed by atoms with Crippen molar-refractivity contribution in [1.29, 1.82) is 0 Å². The lowest BCUT2D eigenvalue weighted by atomic mass is 10.2. The van der Waals surface area contributed by atoms with E-state index in [9.17, 15) is 0 Å². The van der Waals surface area contributed by atoms with E-state index in [1.165, 1.54) is 28.2 Å². The van der Waals surface area contributed by atoms with Crippen molar-refractivity contribution in [3.05, 3.63) is 98.9 Å². The molecule has 0 saturated heterocycles. The molecule has 3 nitrogen and oxygen atoms in total.